The molecule has 9 heteroatoms. The molecule has 1 heterocycles. The number of benzene rings is 2. The van der Waals surface area contributed by atoms with Crippen LogP contribution in [0.2, 0.25) is 0 Å². The van der Waals surface area contributed by atoms with Crippen molar-refractivity contribution in [2.24, 2.45) is 5.73 Å². The van der Waals surface area contributed by atoms with Crippen LogP contribution in [0.1, 0.15) is 11.1 Å². The van der Waals surface area contributed by atoms with E-state index in [1.165, 1.54) is 4.68 Å². The lowest BCUT2D eigenvalue weighted by atomic mass is 10.0. The highest BCUT2D eigenvalue weighted by Crippen LogP contribution is 2.15. The number of carbonyl (C=O) groups is 1. The molecule has 0 aliphatic carbocycles. The average Bonchev–Trinajstić information content (AvgIpc) is 3.12. The van der Waals surface area contributed by atoms with Crippen molar-refractivity contribution in [2.45, 2.75) is 23.4 Å². The molecule has 0 aliphatic heterocycles. The third kappa shape index (κ3) is 4.19. The van der Waals surface area contributed by atoms with Crippen molar-refractivity contribution in [2.75, 3.05) is 0 Å². The summed E-state index contributed by atoms with van der Waals surface area (Å²) < 4.78 is 14.2. The van der Waals surface area contributed by atoms with E-state index in [-0.39, 0.29) is 17.3 Å². The number of tetrazole rings is 1. The minimum absolute atomic E-state index is 0.206. The molecule has 2 atom stereocenters. The van der Waals surface area contributed by atoms with Crippen LogP contribution in [0.3, 0.4) is 0 Å². The third-order valence-electron chi connectivity index (χ3n) is 3.71. The Labute approximate surface area is 152 Å². The van der Waals surface area contributed by atoms with Gasteiger partial charge in [-0.15, -0.1) is 0 Å². The van der Waals surface area contributed by atoms with Crippen LogP contribution >= 0.6 is 0 Å². The summed E-state index contributed by atoms with van der Waals surface area (Å²) in [6.07, 6.45) is 0.206. The molecule has 3 N–H and O–H groups in total. The first-order chi connectivity index (χ1) is 12.5. The summed E-state index contributed by atoms with van der Waals surface area (Å²) in [5, 5.41) is 20.6. The molecule has 134 valence electrons. The fourth-order valence-corrected chi connectivity index (χ4v) is 3.53. The first-order valence-electron chi connectivity index (χ1n) is 7.83. The summed E-state index contributed by atoms with van der Waals surface area (Å²) in [5.74, 6) is -0.843. The highest BCUT2D eigenvalue weighted by atomic mass is 32.2. The van der Waals surface area contributed by atoms with Gasteiger partial charge in [0.2, 0.25) is 5.16 Å². The number of nitrogens with two attached hydrogens (primary N) is 1. The number of carboxylic acids is 1. The first-order valence-corrected chi connectivity index (χ1v) is 9.15. The third-order valence-corrected chi connectivity index (χ3v) is 4.96. The second-order valence-electron chi connectivity index (χ2n) is 5.67. The molecule has 0 fully saturated rings. The number of nitrogens with zero attached hydrogens (tertiary/aromatic N) is 4. The van der Waals surface area contributed by atoms with Crippen molar-refractivity contribution in [1.29, 1.82) is 0 Å². The summed E-state index contributed by atoms with van der Waals surface area (Å²) in [6.45, 7) is 0. The molecule has 0 amide bonds. The molecule has 0 aliphatic rings. The smallest absolute Gasteiger partial charge is 0.320 e. The van der Waals surface area contributed by atoms with Gasteiger partial charge in [-0.2, -0.15) is 4.68 Å². The minimum atomic E-state index is -1.47. The van der Waals surface area contributed by atoms with Gasteiger partial charge in [0, 0.05) is 0 Å². The van der Waals surface area contributed by atoms with Crippen molar-refractivity contribution < 1.29 is 14.1 Å². The summed E-state index contributed by atoms with van der Waals surface area (Å²) in [5.41, 5.74) is 7.86. The topological polar surface area (TPSA) is 124 Å². The van der Waals surface area contributed by atoms with Gasteiger partial charge in [0.15, 0.2) is 0 Å². The van der Waals surface area contributed by atoms with Crippen LogP contribution in [0.5, 0.6) is 0 Å². The van der Waals surface area contributed by atoms with Crippen molar-refractivity contribution >= 4 is 16.8 Å². The SMILES string of the molecule is N[C@@H](Cc1cccc(CS(=O)c2nnnn2-c2ccccc2)c1)C(=O)O. The maximum absolute atomic E-state index is 12.7. The second kappa shape index (κ2) is 7.98. The van der Waals surface area contributed by atoms with Crippen LogP contribution in [-0.4, -0.2) is 41.5 Å². The molecular weight excluding hydrogens is 354 g/mol. The van der Waals surface area contributed by atoms with E-state index in [1.54, 1.807) is 18.2 Å². The monoisotopic (exact) mass is 371 g/mol. The number of aliphatic carboxylic acids is 1. The minimum Gasteiger partial charge on any atom is -0.480 e. The Bertz CT molecular complexity index is 929. The molecule has 26 heavy (non-hydrogen) atoms. The van der Waals surface area contributed by atoms with Crippen molar-refractivity contribution in [3.8, 4) is 5.69 Å². The summed E-state index contributed by atoms with van der Waals surface area (Å²) >= 11 is 0. The van der Waals surface area contributed by atoms with E-state index in [0.29, 0.717) is 0 Å². The predicted octanol–water partition coefficient (Wildman–Crippen LogP) is 0.924. The molecule has 0 saturated carbocycles. The van der Waals surface area contributed by atoms with Crippen molar-refractivity contribution in [3.63, 3.8) is 0 Å². The maximum Gasteiger partial charge on any atom is 0.320 e. The zero-order valence-corrected chi connectivity index (χ0v) is 14.5. The van der Waals surface area contributed by atoms with Gasteiger partial charge in [0.1, 0.15) is 6.04 Å². The highest BCUT2D eigenvalue weighted by molar-refractivity contribution is 7.84. The number of aromatic nitrogens is 4. The van der Waals surface area contributed by atoms with Crippen LogP contribution in [-0.2, 0) is 27.8 Å². The largest absolute Gasteiger partial charge is 0.480 e. The molecule has 0 radical (unpaired) electrons. The molecule has 3 aromatic rings. The van der Waals surface area contributed by atoms with Crippen LogP contribution in [0.4, 0.5) is 0 Å². The van der Waals surface area contributed by atoms with Crippen LogP contribution in [0, 0.1) is 0 Å². The molecular formula is C17H17N5O3S. The quantitative estimate of drug-likeness (QED) is 0.633. The lowest BCUT2D eigenvalue weighted by Gasteiger charge is -2.08. The molecule has 0 saturated heterocycles. The Morgan fingerprint density at radius 2 is 1.88 bits per heavy atom. The molecule has 8 nitrogen and oxygen atoms in total. The molecule has 1 aromatic heterocycles. The van der Waals surface area contributed by atoms with Gasteiger partial charge >= 0.3 is 5.97 Å². The van der Waals surface area contributed by atoms with Gasteiger partial charge in [0.25, 0.3) is 0 Å². The Balaban J connectivity index is 1.77. The molecule has 2 aromatic carbocycles. The number of carboxylic acid groups (broad SMARTS) is 1. The number of hydrogen-bond donors (Lipinski definition) is 2. The van der Waals surface area contributed by atoms with E-state index in [2.05, 4.69) is 15.5 Å². The van der Waals surface area contributed by atoms with E-state index >= 15 is 0 Å². The van der Waals surface area contributed by atoms with Crippen LogP contribution in [0.25, 0.3) is 5.69 Å². The maximum atomic E-state index is 12.7. The average molecular weight is 371 g/mol. The van der Waals surface area contributed by atoms with E-state index in [9.17, 15) is 9.00 Å². The van der Waals surface area contributed by atoms with E-state index in [0.717, 1.165) is 16.8 Å². The highest BCUT2D eigenvalue weighted by Gasteiger charge is 2.17. The van der Waals surface area contributed by atoms with Gasteiger partial charge in [-0.1, -0.05) is 47.6 Å². The van der Waals surface area contributed by atoms with E-state index < -0.39 is 22.8 Å². The number of hydrogen-bond acceptors (Lipinski definition) is 6. The zero-order valence-electron chi connectivity index (χ0n) is 13.7. The van der Waals surface area contributed by atoms with Gasteiger partial charge < -0.3 is 10.8 Å². The predicted molar refractivity (Wildman–Crippen MR) is 95.0 cm³/mol. The Hall–Kier alpha value is -2.91. The summed E-state index contributed by atoms with van der Waals surface area (Å²) in [4.78, 5) is 10.9. The van der Waals surface area contributed by atoms with E-state index in [4.69, 9.17) is 10.8 Å². The molecule has 1 unspecified atom stereocenters. The standard InChI is InChI=1S/C17H17N5O3S/c18-15(16(23)24)10-12-5-4-6-13(9-12)11-26(25)17-19-20-21-22(17)14-7-2-1-3-8-14/h1-9,15H,10-11,18H2,(H,23,24)/t15-,26?/m0/s1. The Kier molecular flexibility index (Phi) is 5.49. The fraction of sp³-hybridized carbons (Fsp3) is 0.176. The number of rotatable bonds is 7. The second-order valence-corrected chi connectivity index (χ2v) is 7.01. The molecule has 0 bridgehead atoms. The van der Waals surface area contributed by atoms with Gasteiger partial charge in [-0.05, 0) is 40.1 Å². The normalized spacial score (nSPS) is 13.3. The van der Waals surface area contributed by atoms with Gasteiger partial charge in [-0.3, -0.25) is 9.00 Å². The fourth-order valence-electron chi connectivity index (χ4n) is 2.46. The van der Waals surface area contributed by atoms with Gasteiger partial charge in [0.05, 0.1) is 22.2 Å². The molecule has 3 rings (SSSR count). The van der Waals surface area contributed by atoms with Gasteiger partial charge in [-0.25, -0.2) is 0 Å². The van der Waals surface area contributed by atoms with Crippen molar-refractivity contribution in [1.82, 2.24) is 20.2 Å². The van der Waals surface area contributed by atoms with Crippen LogP contribution < -0.4 is 5.73 Å². The lowest BCUT2D eigenvalue weighted by molar-refractivity contribution is -0.138. The van der Waals surface area contributed by atoms with Crippen LogP contribution in [0.15, 0.2) is 59.8 Å². The van der Waals surface area contributed by atoms with E-state index in [1.807, 2.05) is 36.4 Å². The van der Waals surface area contributed by atoms with Crippen molar-refractivity contribution in [3.05, 3.63) is 65.7 Å². The molecule has 0 spiro atoms. The number of para-hydroxylation sites is 1. The summed E-state index contributed by atoms with van der Waals surface area (Å²) in [6, 6.07) is 15.5. The Morgan fingerprint density at radius 1 is 1.15 bits per heavy atom. The summed E-state index contributed by atoms with van der Waals surface area (Å²) in [7, 11) is -1.47. The lowest BCUT2D eigenvalue weighted by Crippen LogP contribution is -2.32. The first kappa shape index (κ1) is 17.9. The Morgan fingerprint density at radius 3 is 2.62 bits per heavy atom. The zero-order chi connectivity index (χ0) is 18.5.